The van der Waals surface area contributed by atoms with Crippen molar-refractivity contribution in [1.82, 2.24) is 0 Å². The van der Waals surface area contributed by atoms with Crippen LogP contribution in [-0.2, 0) is 6.54 Å². The Bertz CT molecular complexity index is 741. The summed E-state index contributed by atoms with van der Waals surface area (Å²) < 4.78 is 26.6. The van der Waals surface area contributed by atoms with Crippen LogP contribution in [0.1, 0.15) is 11.1 Å². The van der Waals surface area contributed by atoms with Gasteiger partial charge in [-0.05, 0) is 17.7 Å². The van der Waals surface area contributed by atoms with Gasteiger partial charge in [0.15, 0.2) is 0 Å². The van der Waals surface area contributed by atoms with Gasteiger partial charge < -0.3 is 5.32 Å². The second kappa shape index (κ2) is 5.96. The van der Waals surface area contributed by atoms with Crippen molar-refractivity contribution in [2.24, 2.45) is 0 Å². The van der Waals surface area contributed by atoms with E-state index in [1.807, 2.05) is 6.07 Å². The Kier molecular flexibility index (Phi) is 4.09. The Hall–Kier alpha value is -3.01. The quantitative estimate of drug-likeness (QED) is 0.691. The fourth-order valence-electron chi connectivity index (χ4n) is 1.83. The number of hydrogen-bond acceptors (Lipinski definition) is 4. The van der Waals surface area contributed by atoms with Gasteiger partial charge in [-0.25, -0.2) is 4.39 Å². The SMILES string of the molecule is N#Cc1cccc(CNc2cc(F)cc(F)c2[N+](=O)[O-])c1. The van der Waals surface area contributed by atoms with Gasteiger partial charge >= 0.3 is 5.69 Å². The number of hydrogen-bond donors (Lipinski definition) is 1. The zero-order chi connectivity index (χ0) is 15.4. The van der Waals surface area contributed by atoms with Crippen LogP contribution in [0.15, 0.2) is 36.4 Å². The molecule has 0 aromatic heterocycles. The zero-order valence-corrected chi connectivity index (χ0v) is 10.6. The second-order valence-corrected chi connectivity index (χ2v) is 4.21. The number of nitrogens with zero attached hydrogens (tertiary/aromatic N) is 2. The summed E-state index contributed by atoms with van der Waals surface area (Å²) in [5.41, 5.74) is 0.0231. The molecule has 0 atom stereocenters. The molecule has 7 heteroatoms. The first-order valence-electron chi connectivity index (χ1n) is 5.87. The van der Waals surface area contributed by atoms with Crippen LogP contribution in [0.2, 0.25) is 0 Å². The van der Waals surface area contributed by atoms with Crippen LogP contribution in [0, 0.1) is 33.1 Å². The normalized spacial score (nSPS) is 9.95. The van der Waals surface area contributed by atoms with Gasteiger partial charge in [0, 0.05) is 18.7 Å². The molecular formula is C14H9F2N3O2. The van der Waals surface area contributed by atoms with E-state index in [0.717, 1.165) is 6.07 Å². The summed E-state index contributed by atoms with van der Waals surface area (Å²) in [7, 11) is 0. The van der Waals surface area contributed by atoms with E-state index in [-0.39, 0.29) is 12.2 Å². The van der Waals surface area contributed by atoms with Gasteiger partial charge in [-0.2, -0.15) is 9.65 Å². The van der Waals surface area contributed by atoms with E-state index in [2.05, 4.69) is 5.32 Å². The molecule has 2 aromatic carbocycles. The third-order valence-electron chi connectivity index (χ3n) is 2.75. The maximum atomic E-state index is 13.4. The van der Waals surface area contributed by atoms with Gasteiger partial charge in [-0.15, -0.1) is 0 Å². The van der Waals surface area contributed by atoms with E-state index in [0.29, 0.717) is 17.2 Å². The molecule has 5 nitrogen and oxygen atoms in total. The standard InChI is InChI=1S/C14H9F2N3O2/c15-11-5-12(16)14(19(20)21)13(6-11)18-8-10-3-1-2-9(4-10)7-17/h1-6,18H,8H2. The molecule has 0 fully saturated rings. The second-order valence-electron chi connectivity index (χ2n) is 4.21. The molecule has 0 saturated heterocycles. The lowest BCUT2D eigenvalue weighted by molar-refractivity contribution is -0.386. The first kappa shape index (κ1) is 14.4. The molecule has 0 amide bonds. The van der Waals surface area contributed by atoms with Gasteiger partial charge in [0.05, 0.1) is 16.6 Å². The van der Waals surface area contributed by atoms with Gasteiger partial charge in [-0.1, -0.05) is 12.1 Å². The monoisotopic (exact) mass is 289 g/mol. The van der Waals surface area contributed by atoms with Gasteiger partial charge in [0.2, 0.25) is 5.82 Å². The third-order valence-corrected chi connectivity index (χ3v) is 2.75. The molecule has 0 heterocycles. The predicted octanol–water partition coefficient (Wildman–Crippen LogP) is 3.36. The fraction of sp³-hybridized carbons (Fsp3) is 0.0714. The first-order valence-corrected chi connectivity index (χ1v) is 5.87. The highest BCUT2D eigenvalue weighted by Gasteiger charge is 2.21. The summed E-state index contributed by atoms with van der Waals surface area (Å²) in [5.74, 6) is -2.15. The number of anilines is 1. The van der Waals surface area contributed by atoms with Crippen LogP contribution in [0.5, 0.6) is 0 Å². The maximum Gasteiger partial charge on any atom is 0.327 e. The number of nitrogens with one attached hydrogen (secondary N) is 1. The number of rotatable bonds is 4. The van der Waals surface area contributed by atoms with Crippen molar-refractivity contribution in [3.8, 4) is 6.07 Å². The molecule has 0 aliphatic heterocycles. The molecule has 0 aliphatic rings. The van der Waals surface area contributed by atoms with Gasteiger partial charge in [0.25, 0.3) is 0 Å². The van der Waals surface area contributed by atoms with Crippen LogP contribution < -0.4 is 5.32 Å². The zero-order valence-electron chi connectivity index (χ0n) is 10.6. The van der Waals surface area contributed by atoms with Crippen LogP contribution in [-0.4, -0.2) is 4.92 Å². The summed E-state index contributed by atoms with van der Waals surface area (Å²) in [5, 5.41) is 22.2. The molecule has 0 bridgehead atoms. The van der Waals surface area contributed by atoms with Gasteiger partial charge in [-0.3, -0.25) is 10.1 Å². The van der Waals surface area contributed by atoms with E-state index >= 15 is 0 Å². The van der Waals surface area contributed by atoms with E-state index in [4.69, 9.17) is 5.26 Å². The Labute approximate surface area is 118 Å². The smallest absolute Gasteiger partial charge is 0.327 e. The van der Waals surface area contributed by atoms with Crippen molar-refractivity contribution >= 4 is 11.4 Å². The molecule has 106 valence electrons. The highest BCUT2D eigenvalue weighted by Crippen LogP contribution is 2.29. The van der Waals surface area contributed by atoms with E-state index < -0.39 is 22.2 Å². The molecule has 0 aliphatic carbocycles. The Morgan fingerprint density at radius 3 is 2.71 bits per heavy atom. The molecule has 21 heavy (non-hydrogen) atoms. The summed E-state index contributed by atoms with van der Waals surface area (Å²) in [6, 6.07) is 9.79. The van der Waals surface area contributed by atoms with Crippen molar-refractivity contribution in [3.63, 3.8) is 0 Å². The Balaban J connectivity index is 2.27. The van der Waals surface area contributed by atoms with Crippen LogP contribution in [0.25, 0.3) is 0 Å². The van der Waals surface area contributed by atoms with Crippen molar-refractivity contribution in [3.05, 3.63) is 69.3 Å². The summed E-state index contributed by atoms with van der Waals surface area (Å²) in [4.78, 5) is 9.91. The van der Waals surface area contributed by atoms with Gasteiger partial charge in [0.1, 0.15) is 11.5 Å². The number of nitro benzene ring substituents is 1. The lowest BCUT2D eigenvalue weighted by Gasteiger charge is -2.08. The van der Waals surface area contributed by atoms with Crippen LogP contribution in [0.3, 0.4) is 0 Å². The van der Waals surface area contributed by atoms with Crippen LogP contribution in [0.4, 0.5) is 20.2 Å². The van der Waals surface area contributed by atoms with Crippen molar-refractivity contribution < 1.29 is 13.7 Å². The molecule has 0 unspecified atom stereocenters. The number of nitriles is 1. The maximum absolute atomic E-state index is 13.4. The van der Waals surface area contributed by atoms with Crippen molar-refractivity contribution in [2.45, 2.75) is 6.54 Å². The average molecular weight is 289 g/mol. The lowest BCUT2D eigenvalue weighted by Crippen LogP contribution is -2.05. The molecule has 2 aromatic rings. The highest BCUT2D eigenvalue weighted by molar-refractivity contribution is 5.62. The topological polar surface area (TPSA) is 79.0 Å². The molecule has 0 saturated carbocycles. The first-order chi connectivity index (χ1) is 10.0. The Morgan fingerprint density at radius 2 is 2.05 bits per heavy atom. The molecule has 0 radical (unpaired) electrons. The summed E-state index contributed by atoms with van der Waals surface area (Å²) in [6.07, 6.45) is 0. The fourth-order valence-corrected chi connectivity index (χ4v) is 1.83. The molecular weight excluding hydrogens is 280 g/mol. The summed E-state index contributed by atoms with van der Waals surface area (Å²) >= 11 is 0. The lowest BCUT2D eigenvalue weighted by atomic mass is 10.1. The minimum absolute atomic E-state index is 0.0965. The van der Waals surface area contributed by atoms with E-state index in [1.165, 1.54) is 0 Å². The molecule has 0 spiro atoms. The molecule has 1 N–H and O–H groups in total. The minimum atomic E-state index is -1.24. The van der Waals surface area contributed by atoms with Crippen molar-refractivity contribution in [2.75, 3.05) is 5.32 Å². The largest absolute Gasteiger partial charge is 0.375 e. The van der Waals surface area contributed by atoms with E-state index in [9.17, 15) is 18.9 Å². The average Bonchev–Trinajstić information content (AvgIpc) is 2.44. The minimum Gasteiger partial charge on any atom is -0.375 e. The highest BCUT2D eigenvalue weighted by atomic mass is 19.1. The van der Waals surface area contributed by atoms with Crippen molar-refractivity contribution in [1.29, 1.82) is 5.26 Å². The number of halogens is 2. The number of benzene rings is 2. The van der Waals surface area contributed by atoms with E-state index in [1.54, 1.807) is 24.3 Å². The number of nitro groups is 1. The van der Waals surface area contributed by atoms with Crippen LogP contribution >= 0.6 is 0 Å². The molecule has 2 rings (SSSR count). The predicted molar refractivity (Wildman–Crippen MR) is 71.5 cm³/mol. The third kappa shape index (κ3) is 3.30. The Morgan fingerprint density at radius 1 is 1.29 bits per heavy atom. The summed E-state index contributed by atoms with van der Waals surface area (Å²) in [6.45, 7) is 0.0965.